The third kappa shape index (κ3) is 3.70. The number of aliphatic carboxylic acids is 1. The summed E-state index contributed by atoms with van der Waals surface area (Å²) in [5.74, 6) is -0.777. The smallest absolute Gasteiger partial charge is 0.306 e. The number of amides is 1. The van der Waals surface area contributed by atoms with Crippen molar-refractivity contribution in [1.82, 2.24) is 14.7 Å². The van der Waals surface area contributed by atoms with Crippen LogP contribution in [0.5, 0.6) is 0 Å². The lowest BCUT2D eigenvalue weighted by molar-refractivity contribution is -0.144. The van der Waals surface area contributed by atoms with Gasteiger partial charge in [-0.25, -0.2) is 0 Å². The van der Waals surface area contributed by atoms with E-state index in [1.54, 1.807) is 0 Å². The minimum Gasteiger partial charge on any atom is -0.481 e. The third-order valence-electron chi connectivity index (χ3n) is 4.56. The molecule has 2 fully saturated rings. The Morgan fingerprint density at radius 3 is 2.35 bits per heavy atom. The lowest BCUT2D eigenvalue weighted by Gasteiger charge is -2.38. The molecule has 0 aromatic carbocycles. The summed E-state index contributed by atoms with van der Waals surface area (Å²) < 4.78 is 0. The van der Waals surface area contributed by atoms with Crippen molar-refractivity contribution in [3.8, 4) is 0 Å². The SMILES string of the molecule is CC1CC(C(=O)O)CCN1CC(=O)N1CCN(C)CC1. The quantitative estimate of drug-likeness (QED) is 0.786. The first-order chi connectivity index (χ1) is 9.47. The van der Waals surface area contributed by atoms with Crippen LogP contribution in [0.3, 0.4) is 0 Å². The van der Waals surface area contributed by atoms with Crippen LogP contribution in [0.2, 0.25) is 0 Å². The summed E-state index contributed by atoms with van der Waals surface area (Å²) in [6.07, 6.45) is 1.29. The number of likely N-dealkylation sites (N-methyl/N-ethyl adjacent to an activating group) is 1. The van der Waals surface area contributed by atoms with Crippen LogP contribution in [-0.2, 0) is 9.59 Å². The predicted molar refractivity (Wildman–Crippen MR) is 75.5 cm³/mol. The maximum Gasteiger partial charge on any atom is 0.306 e. The first-order valence-electron chi connectivity index (χ1n) is 7.40. The molecule has 2 heterocycles. The highest BCUT2D eigenvalue weighted by Crippen LogP contribution is 2.22. The van der Waals surface area contributed by atoms with Gasteiger partial charge in [-0.2, -0.15) is 0 Å². The molecular weight excluding hydrogens is 258 g/mol. The number of carboxylic acid groups (broad SMARTS) is 1. The zero-order valence-electron chi connectivity index (χ0n) is 12.4. The van der Waals surface area contributed by atoms with Gasteiger partial charge in [-0.3, -0.25) is 14.5 Å². The molecule has 6 nitrogen and oxygen atoms in total. The van der Waals surface area contributed by atoms with Gasteiger partial charge in [0, 0.05) is 32.2 Å². The van der Waals surface area contributed by atoms with E-state index in [-0.39, 0.29) is 17.9 Å². The van der Waals surface area contributed by atoms with Crippen LogP contribution in [-0.4, -0.2) is 84.0 Å². The average molecular weight is 283 g/mol. The number of piperazine rings is 1. The first kappa shape index (κ1) is 15.3. The molecule has 0 bridgehead atoms. The summed E-state index contributed by atoms with van der Waals surface area (Å²) in [6.45, 7) is 6.62. The van der Waals surface area contributed by atoms with Gasteiger partial charge >= 0.3 is 5.97 Å². The summed E-state index contributed by atoms with van der Waals surface area (Å²) in [7, 11) is 2.07. The molecule has 1 amide bonds. The normalized spacial score (nSPS) is 29.4. The lowest BCUT2D eigenvalue weighted by atomic mass is 9.92. The Morgan fingerprint density at radius 2 is 1.80 bits per heavy atom. The Balaban J connectivity index is 1.81. The summed E-state index contributed by atoms with van der Waals surface area (Å²) in [5.41, 5.74) is 0. The van der Waals surface area contributed by atoms with Gasteiger partial charge in [0.2, 0.25) is 5.91 Å². The molecule has 0 aromatic heterocycles. The molecule has 6 heteroatoms. The van der Waals surface area contributed by atoms with E-state index in [1.807, 2.05) is 11.8 Å². The van der Waals surface area contributed by atoms with E-state index >= 15 is 0 Å². The second-order valence-electron chi connectivity index (χ2n) is 6.06. The number of hydrogen-bond acceptors (Lipinski definition) is 4. The van der Waals surface area contributed by atoms with Crippen molar-refractivity contribution in [3.05, 3.63) is 0 Å². The lowest BCUT2D eigenvalue weighted by Crippen LogP contribution is -2.52. The molecule has 0 saturated carbocycles. The predicted octanol–water partition coefficient (Wildman–Crippen LogP) is -0.0545. The van der Waals surface area contributed by atoms with Crippen molar-refractivity contribution >= 4 is 11.9 Å². The fourth-order valence-corrected chi connectivity index (χ4v) is 3.01. The molecule has 114 valence electrons. The Hall–Kier alpha value is -1.14. The molecule has 2 atom stereocenters. The van der Waals surface area contributed by atoms with Gasteiger partial charge in [0.1, 0.15) is 0 Å². The summed E-state index contributed by atoms with van der Waals surface area (Å²) in [4.78, 5) is 29.6. The van der Waals surface area contributed by atoms with Crippen LogP contribution in [0.15, 0.2) is 0 Å². The van der Waals surface area contributed by atoms with Gasteiger partial charge in [0.15, 0.2) is 0 Å². The van der Waals surface area contributed by atoms with Gasteiger partial charge < -0.3 is 14.9 Å². The van der Waals surface area contributed by atoms with Crippen LogP contribution in [0, 0.1) is 5.92 Å². The molecule has 2 aliphatic rings. The van der Waals surface area contributed by atoms with Gasteiger partial charge in [0.05, 0.1) is 12.5 Å². The number of carboxylic acids is 1. The largest absolute Gasteiger partial charge is 0.481 e. The van der Waals surface area contributed by atoms with Gasteiger partial charge in [-0.1, -0.05) is 0 Å². The Kier molecular flexibility index (Phi) is 4.99. The average Bonchev–Trinajstić information content (AvgIpc) is 2.41. The summed E-state index contributed by atoms with van der Waals surface area (Å²) in [5, 5.41) is 9.05. The Labute approximate surface area is 120 Å². The van der Waals surface area contributed by atoms with E-state index in [0.29, 0.717) is 25.9 Å². The highest BCUT2D eigenvalue weighted by Gasteiger charge is 2.31. The maximum atomic E-state index is 12.3. The topological polar surface area (TPSA) is 64.1 Å². The maximum absolute atomic E-state index is 12.3. The minimum atomic E-state index is -0.707. The molecule has 1 N–H and O–H groups in total. The van der Waals surface area contributed by atoms with E-state index in [9.17, 15) is 9.59 Å². The van der Waals surface area contributed by atoms with Crippen molar-refractivity contribution in [1.29, 1.82) is 0 Å². The number of rotatable bonds is 3. The first-order valence-corrected chi connectivity index (χ1v) is 7.40. The second-order valence-corrected chi connectivity index (χ2v) is 6.06. The molecule has 0 spiro atoms. The fourth-order valence-electron chi connectivity index (χ4n) is 3.01. The van der Waals surface area contributed by atoms with Gasteiger partial charge in [-0.15, -0.1) is 0 Å². The number of nitrogens with zero attached hydrogens (tertiary/aromatic N) is 3. The van der Waals surface area contributed by atoms with Crippen LogP contribution >= 0.6 is 0 Å². The number of carbonyl (C=O) groups is 2. The van der Waals surface area contributed by atoms with Crippen molar-refractivity contribution in [3.63, 3.8) is 0 Å². The molecule has 0 aliphatic carbocycles. The van der Waals surface area contributed by atoms with Crippen molar-refractivity contribution in [2.75, 3.05) is 46.3 Å². The molecule has 0 aromatic rings. The van der Waals surface area contributed by atoms with E-state index < -0.39 is 5.97 Å². The van der Waals surface area contributed by atoms with Gasteiger partial charge in [0.25, 0.3) is 0 Å². The number of hydrogen-bond donors (Lipinski definition) is 1. The molecular formula is C14H25N3O3. The number of carbonyl (C=O) groups excluding carboxylic acids is 1. The van der Waals surface area contributed by atoms with E-state index in [1.165, 1.54) is 0 Å². The standard InChI is InChI=1S/C14H25N3O3/c1-11-9-12(14(19)20)3-4-17(11)10-13(18)16-7-5-15(2)6-8-16/h11-12H,3-10H2,1-2H3,(H,19,20). The molecule has 2 rings (SSSR count). The summed E-state index contributed by atoms with van der Waals surface area (Å²) >= 11 is 0. The highest BCUT2D eigenvalue weighted by atomic mass is 16.4. The monoisotopic (exact) mass is 283 g/mol. The van der Waals surface area contributed by atoms with E-state index in [0.717, 1.165) is 26.2 Å². The highest BCUT2D eigenvalue weighted by molar-refractivity contribution is 5.78. The summed E-state index contributed by atoms with van der Waals surface area (Å²) in [6, 6.07) is 0.168. The Bertz CT molecular complexity index is 367. The van der Waals surface area contributed by atoms with Crippen LogP contribution in [0.1, 0.15) is 19.8 Å². The molecule has 2 unspecified atom stereocenters. The van der Waals surface area contributed by atoms with Crippen LogP contribution in [0.25, 0.3) is 0 Å². The fraction of sp³-hybridized carbons (Fsp3) is 0.857. The molecule has 2 saturated heterocycles. The molecule has 2 aliphatic heterocycles. The zero-order valence-corrected chi connectivity index (χ0v) is 12.4. The van der Waals surface area contributed by atoms with Crippen molar-refractivity contribution in [2.24, 2.45) is 5.92 Å². The van der Waals surface area contributed by atoms with Crippen LogP contribution in [0.4, 0.5) is 0 Å². The zero-order chi connectivity index (χ0) is 14.7. The second kappa shape index (κ2) is 6.54. The third-order valence-corrected chi connectivity index (χ3v) is 4.56. The van der Waals surface area contributed by atoms with Crippen molar-refractivity contribution < 1.29 is 14.7 Å². The molecule has 20 heavy (non-hydrogen) atoms. The van der Waals surface area contributed by atoms with Crippen molar-refractivity contribution in [2.45, 2.75) is 25.8 Å². The van der Waals surface area contributed by atoms with Gasteiger partial charge in [-0.05, 0) is 33.4 Å². The number of likely N-dealkylation sites (tertiary alicyclic amines) is 1. The van der Waals surface area contributed by atoms with E-state index in [2.05, 4.69) is 16.8 Å². The van der Waals surface area contributed by atoms with E-state index in [4.69, 9.17) is 5.11 Å². The van der Waals surface area contributed by atoms with Crippen LogP contribution < -0.4 is 0 Å². The Morgan fingerprint density at radius 1 is 1.15 bits per heavy atom. The number of piperidine rings is 1. The molecule has 0 radical (unpaired) electrons. The minimum absolute atomic E-state index is 0.168.